The van der Waals surface area contributed by atoms with Gasteiger partial charge in [0.1, 0.15) is 6.10 Å². The number of halogens is 1. The highest BCUT2D eigenvalue weighted by Gasteiger charge is 2.19. The zero-order valence-corrected chi connectivity index (χ0v) is 9.48. The molecule has 0 spiro atoms. The number of alkyl halides is 1. The molecule has 1 rings (SSSR count). The van der Waals surface area contributed by atoms with Gasteiger partial charge in [0.15, 0.2) is 0 Å². The quantitative estimate of drug-likeness (QED) is 0.563. The van der Waals surface area contributed by atoms with Gasteiger partial charge in [-0.25, -0.2) is 0 Å². The topological polar surface area (TPSA) is 90.3 Å². The molecule has 0 fully saturated rings. The monoisotopic (exact) mass is 270 g/mol. The van der Waals surface area contributed by atoms with E-state index in [1.165, 1.54) is 12.1 Å². The van der Waals surface area contributed by atoms with Gasteiger partial charge in [0, 0.05) is 16.6 Å². The lowest BCUT2D eigenvalue weighted by Gasteiger charge is -2.17. The molecule has 0 aliphatic rings. The Hall–Kier alpha value is -1.09. The molecule has 15 heavy (non-hydrogen) atoms. The summed E-state index contributed by atoms with van der Waals surface area (Å²) in [7, 11) is 0. The minimum atomic E-state index is -1.09. The van der Waals surface area contributed by atoms with Crippen LogP contribution in [-0.4, -0.2) is 21.6 Å². The van der Waals surface area contributed by atoms with Crippen LogP contribution in [0.5, 0.6) is 0 Å². The predicted octanol–water partition coefficient (Wildman–Crippen LogP) is 0.930. The van der Waals surface area contributed by atoms with Crippen LogP contribution in [-0.2, 0) is 0 Å². The number of rotatable bonds is 3. The standard InChI is InChI=1S/C10H11BrN2O2/c11-4-9(14)10(15)7-3-6(5-12)1-2-8(7)13/h1-3,9-10,14-15H,4,13H2. The van der Waals surface area contributed by atoms with Gasteiger partial charge < -0.3 is 15.9 Å². The molecule has 2 atom stereocenters. The highest BCUT2D eigenvalue weighted by atomic mass is 79.9. The second kappa shape index (κ2) is 5.12. The molecule has 0 aliphatic heterocycles. The number of hydrogen-bond donors (Lipinski definition) is 3. The van der Waals surface area contributed by atoms with Crippen LogP contribution in [0.1, 0.15) is 17.2 Å². The van der Waals surface area contributed by atoms with E-state index >= 15 is 0 Å². The summed E-state index contributed by atoms with van der Waals surface area (Å²) < 4.78 is 0. The molecule has 0 radical (unpaired) electrons. The average molecular weight is 271 g/mol. The number of nitrogen functional groups attached to an aromatic ring is 1. The minimum absolute atomic E-state index is 0.240. The minimum Gasteiger partial charge on any atom is -0.398 e. The van der Waals surface area contributed by atoms with Gasteiger partial charge in [0.25, 0.3) is 0 Å². The molecular weight excluding hydrogens is 260 g/mol. The number of benzene rings is 1. The summed E-state index contributed by atoms with van der Waals surface area (Å²) in [6, 6.07) is 6.53. The Morgan fingerprint density at radius 1 is 1.47 bits per heavy atom. The van der Waals surface area contributed by atoms with E-state index in [-0.39, 0.29) is 5.33 Å². The maximum absolute atomic E-state index is 9.72. The van der Waals surface area contributed by atoms with Crippen molar-refractivity contribution in [3.63, 3.8) is 0 Å². The molecular formula is C10H11BrN2O2. The van der Waals surface area contributed by atoms with Gasteiger partial charge in [-0.05, 0) is 18.2 Å². The van der Waals surface area contributed by atoms with Gasteiger partial charge in [-0.2, -0.15) is 5.26 Å². The first-order valence-corrected chi connectivity index (χ1v) is 5.44. The highest BCUT2D eigenvalue weighted by molar-refractivity contribution is 9.09. The Morgan fingerprint density at radius 3 is 2.67 bits per heavy atom. The van der Waals surface area contributed by atoms with Crippen molar-refractivity contribution in [2.45, 2.75) is 12.2 Å². The highest BCUT2D eigenvalue weighted by Crippen LogP contribution is 2.25. The van der Waals surface area contributed by atoms with Crippen molar-refractivity contribution in [3.05, 3.63) is 29.3 Å². The third-order valence-electron chi connectivity index (χ3n) is 2.06. The first-order chi connectivity index (χ1) is 7.10. The summed E-state index contributed by atoms with van der Waals surface area (Å²) in [5, 5.41) is 28.1. The summed E-state index contributed by atoms with van der Waals surface area (Å²) in [6.45, 7) is 0. The number of nitriles is 1. The average Bonchev–Trinajstić information content (AvgIpc) is 2.27. The molecule has 0 saturated carbocycles. The van der Waals surface area contributed by atoms with E-state index in [0.29, 0.717) is 16.8 Å². The predicted molar refractivity (Wildman–Crippen MR) is 60.3 cm³/mol. The summed E-state index contributed by atoms with van der Waals surface area (Å²) in [6.07, 6.45) is -2.03. The van der Waals surface area contributed by atoms with Gasteiger partial charge in [0.05, 0.1) is 17.7 Å². The number of hydrogen-bond acceptors (Lipinski definition) is 4. The van der Waals surface area contributed by atoms with Gasteiger partial charge >= 0.3 is 0 Å². The Balaban J connectivity index is 3.07. The lowest BCUT2D eigenvalue weighted by molar-refractivity contribution is 0.0347. The van der Waals surface area contributed by atoms with E-state index in [2.05, 4.69) is 15.9 Å². The first-order valence-electron chi connectivity index (χ1n) is 4.31. The molecule has 0 saturated heterocycles. The SMILES string of the molecule is N#Cc1ccc(N)c(C(O)C(O)CBr)c1. The Bertz CT molecular complexity index is 389. The maximum atomic E-state index is 9.72. The molecule has 4 nitrogen and oxygen atoms in total. The van der Waals surface area contributed by atoms with Crippen LogP contribution in [0, 0.1) is 11.3 Å². The Morgan fingerprint density at radius 2 is 2.13 bits per heavy atom. The Labute approximate surface area is 96.1 Å². The van der Waals surface area contributed by atoms with Gasteiger partial charge in [-0.1, -0.05) is 15.9 Å². The number of nitrogens with two attached hydrogens (primary N) is 1. The van der Waals surface area contributed by atoms with Crippen molar-refractivity contribution in [1.29, 1.82) is 5.26 Å². The van der Waals surface area contributed by atoms with Crippen LogP contribution in [0.15, 0.2) is 18.2 Å². The molecule has 5 heteroatoms. The van der Waals surface area contributed by atoms with Crippen molar-refractivity contribution in [3.8, 4) is 6.07 Å². The van der Waals surface area contributed by atoms with E-state index in [1.807, 2.05) is 6.07 Å². The van der Waals surface area contributed by atoms with Crippen molar-refractivity contribution >= 4 is 21.6 Å². The van der Waals surface area contributed by atoms with E-state index in [4.69, 9.17) is 11.0 Å². The first kappa shape index (κ1) is 12.0. The molecule has 80 valence electrons. The largest absolute Gasteiger partial charge is 0.398 e. The number of aliphatic hydroxyl groups excluding tert-OH is 2. The van der Waals surface area contributed by atoms with Crippen LogP contribution >= 0.6 is 15.9 Å². The van der Waals surface area contributed by atoms with E-state index < -0.39 is 12.2 Å². The zero-order chi connectivity index (χ0) is 11.4. The maximum Gasteiger partial charge on any atom is 0.108 e. The van der Waals surface area contributed by atoms with Crippen LogP contribution in [0.4, 0.5) is 5.69 Å². The number of nitrogens with zero attached hydrogens (tertiary/aromatic N) is 1. The van der Waals surface area contributed by atoms with Gasteiger partial charge in [0.2, 0.25) is 0 Å². The molecule has 0 amide bonds. The van der Waals surface area contributed by atoms with Gasteiger partial charge in [-0.15, -0.1) is 0 Å². The zero-order valence-electron chi connectivity index (χ0n) is 7.89. The van der Waals surface area contributed by atoms with Crippen LogP contribution in [0.2, 0.25) is 0 Å². The number of aliphatic hydroxyl groups is 2. The fourth-order valence-corrected chi connectivity index (χ4v) is 1.55. The molecule has 1 aromatic carbocycles. The molecule has 1 aromatic rings. The summed E-state index contributed by atoms with van der Waals surface area (Å²) >= 11 is 3.06. The lowest BCUT2D eigenvalue weighted by atomic mass is 10.0. The molecule has 2 unspecified atom stereocenters. The normalized spacial score (nSPS) is 14.3. The van der Waals surface area contributed by atoms with Crippen molar-refractivity contribution in [2.75, 3.05) is 11.1 Å². The summed E-state index contributed by atoms with van der Waals surface area (Å²) in [4.78, 5) is 0. The molecule has 0 bridgehead atoms. The molecule has 4 N–H and O–H groups in total. The lowest BCUT2D eigenvalue weighted by Crippen LogP contribution is -2.20. The summed E-state index contributed by atoms with van der Waals surface area (Å²) in [5.74, 6) is 0. The van der Waals surface area contributed by atoms with Gasteiger partial charge in [-0.3, -0.25) is 0 Å². The summed E-state index contributed by atoms with van der Waals surface area (Å²) in [5.41, 5.74) is 6.78. The molecule has 0 aromatic heterocycles. The van der Waals surface area contributed by atoms with E-state index in [1.54, 1.807) is 6.07 Å². The van der Waals surface area contributed by atoms with Crippen molar-refractivity contribution in [1.82, 2.24) is 0 Å². The second-order valence-corrected chi connectivity index (χ2v) is 3.77. The fourth-order valence-electron chi connectivity index (χ4n) is 1.19. The second-order valence-electron chi connectivity index (χ2n) is 3.12. The van der Waals surface area contributed by atoms with Crippen LogP contribution < -0.4 is 5.73 Å². The fraction of sp³-hybridized carbons (Fsp3) is 0.300. The Kier molecular flexibility index (Phi) is 4.09. The van der Waals surface area contributed by atoms with E-state index in [0.717, 1.165) is 0 Å². The number of anilines is 1. The third kappa shape index (κ3) is 2.69. The smallest absolute Gasteiger partial charge is 0.108 e. The van der Waals surface area contributed by atoms with E-state index in [9.17, 15) is 10.2 Å². The van der Waals surface area contributed by atoms with Crippen LogP contribution in [0.3, 0.4) is 0 Å². The molecule has 0 heterocycles. The third-order valence-corrected chi connectivity index (χ3v) is 2.72. The van der Waals surface area contributed by atoms with Crippen LogP contribution in [0.25, 0.3) is 0 Å². The molecule has 0 aliphatic carbocycles. The van der Waals surface area contributed by atoms with Crippen molar-refractivity contribution < 1.29 is 10.2 Å². The van der Waals surface area contributed by atoms with Crippen molar-refractivity contribution in [2.24, 2.45) is 0 Å².